The molecule has 0 aliphatic heterocycles. The highest BCUT2D eigenvalue weighted by atomic mass is 19.4. The first-order valence-electron chi connectivity index (χ1n) is 21.6. The molecule has 20 heteroatoms. The van der Waals surface area contributed by atoms with Crippen LogP contribution < -0.4 is 0 Å². The van der Waals surface area contributed by atoms with Crippen LogP contribution in [0.2, 0.25) is 0 Å². The van der Waals surface area contributed by atoms with Gasteiger partial charge in [-0.3, -0.25) is 0 Å². The second-order valence-electron chi connectivity index (χ2n) is 17.9. The maximum Gasteiger partial charge on any atom is 0.392 e. The first-order valence-corrected chi connectivity index (χ1v) is 21.6. The molecular weight excluding hydrogens is 957 g/mol. The van der Waals surface area contributed by atoms with E-state index in [1.165, 1.54) is 50.6 Å². The third-order valence-electron chi connectivity index (χ3n) is 12.8. The van der Waals surface area contributed by atoms with Crippen LogP contribution >= 0.6 is 0 Å². The van der Waals surface area contributed by atoms with Gasteiger partial charge in [-0.1, -0.05) is 48.5 Å². The van der Waals surface area contributed by atoms with Crippen LogP contribution in [0.25, 0.3) is 0 Å². The van der Waals surface area contributed by atoms with Gasteiger partial charge in [0.05, 0.1) is 60.1 Å². The fourth-order valence-corrected chi connectivity index (χ4v) is 8.53. The zero-order valence-corrected chi connectivity index (χ0v) is 38.3. The van der Waals surface area contributed by atoms with Gasteiger partial charge < -0.3 is 19.7 Å². The summed E-state index contributed by atoms with van der Waals surface area (Å²) in [5.74, 6) is -9.99. The fraction of sp³-hybridized carbons (Fsp3) is 0.440. The second kappa shape index (κ2) is 20.7. The molecule has 0 radical (unpaired) electrons. The Labute approximate surface area is 394 Å². The lowest BCUT2D eigenvalue weighted by Crippen LogP contribution is -2.11. The number of halogens is 12. The van der Waals surface area contributed by atoms with Gasteiger partial charge in [0.1, 0.15) is 0 Å². The van der Waals surface area contributed by atoms with Crippen LogP contribution in [-0.4, -0.2) is 73.0 Å². The molecule has 2 N–H and O–H groups in total. The lowest BCUT2D eigenvalue weighted by atomic mass is 10.0. The Morgan fingerprint density at radius 2 is 0.600 bits per heavy atom. The minimum atomic E-state index is -4.15. The van der Waals surface area contributed by atoms with E-state index >= 15 is 0 Å². The van der Waals surface area contributed by atoms with Crippen molar-refractivity contribution in [3.8, 4) is 0 Å². The van der Waals surface area contributed by atoms with Crippen molar-refractivity contribution in [1.82, 2.24) is 0 Å². The van der Waals surface area contributed by atoms with Gasteiger partial charge in [0.15, 0.2) is 0 Å². The number of carboxylic acids is 2. The summed E-state index contributed by atoms with van der Waals surface area (Å²) in [7, 11) is 2.55. The Morgan fingerprint density at radius 3 is 0.743 bits per heavy atom. The monoisotopic (exact) mass is 1000 g/mol. The number of alkyl halides is 12. The molecule has 0 spiro atoms. The summed E-state index contributed by atoms with van der Waals surface area (Å²) >= 11 is 0. The predicted molar refractivity (Wildman–Crippen MR) is 229 cm³/mol. The molecule has 8 rings (SSSR count). The Hall–Kier alpha value is -6.08. The van der Waals surface area contributed by atoms with Gasteiger partial charge >= 0.3 is 48.6 Å². The number of hydrogen-bond acceptors (Lipinski definition) is 6. The van der Waals surface area contributed by atoms with Crippen molar-refractivity contribution in [3.05, 3.63) is 140 Å². The van der Waals surface area contributed by atoms with Crippen LogP contribution in [0.4, 0.5) is 52.7 Å². The summed E-state index contributed by atoms with van der Waals surface area (Å²) in [6, 6.07) is 18.3. The molecular formula is C50H48F12O8. The zero-order chi connectivity index (χ0) is 52.6. The van der Waals surface area contributed by atoms with Crippen LogP contribution in [0.15, 0.2) is 72.8 Å². The lowest BCUT2D eigenvalue weighted by molar-refractivity contribution is -0.149. The van der Waals surface area contributed by atoms with Crippen molar-refractivity contribution in [2.75, 3.05) is 14.2 Å². The van der Waals surface area contributed by atoms with E-state index in [0.29, 0.717) is 55.6 Å². The number of esters is 2. The summed E-state index contributed by atoms with van der Waals surface area (Å²) in [5.41, 5.74) is 5.80. The molecule has 8 atom stereocenters. The summed E-state index contributed by atoms with van der Waals surface area (Å²) in [6.07, 6.45) is -16.1. The first kappa shape index (κ1) is 54.9. The average Bonchev–Trinajstić information content (AvgIpc) is 4.07. The highest BCUT2D eigenvalue weighted by Crippen LogP contribution is 2.59. The fourth-order valence-electron chi connectivity index (χ4n) is 8.53. The Kier molecular flexibility index (Phi) is 16.2. The Balaban J connectivity index is 0.000000174. The summed E-state index contributed by atoms with van der Waals surface area (Å²) < 4.78 is 158. The van der Waals surface area contributed by atoms with Crippen LogP contribution in [0.1, 0.15) is 135 Å². The molecule has 4 fully saturated rings. The molecule has 8 nitrogen and oxygen atoms in total. The maximum absolute atomic E-state index is 12.5. The number of hydrogen-bond donors (Lipinski definition) is 2. The van der Waals surface area contributed by atoms with Crippen molar-refractivity contribution >= 4 is 23.9 Å². The molecule has 380 valence electrons. The van der Waals surface area contributed by atoms with Crippen molar-refractivity contribution in [2.45, 2.75) is 102 Å². The highest BCUT2D eigenvalue weighted by molar-refractivity contribution is 5.92. The molecule has 70 heavy (non-hydrogen) atoms. The van der Waals surface area contributed by atoms with E-state index in [1.54, 1.807) is 64.1 Å². The van der Waals surface area contributed by atoms with Crippen molar-refractivity contribution in [2.24, 2.45) is 23.7 Å². The van der Waals surface area contributed by atoms with E-state index in [1.807, 2.05) is 0 Å². The predicted octanol–water partition coefficient (Wildman–Crippen LogP) is 13.6. The second-order valence-corrected chi connectivity index (χ2v) is 17.9. The van der Waals surface area contributed by atoms with Gasteiger partial charge in [-0.25, -0.2) is 19.2 Å². The minimum Gasteiger partial charge on any atom is -0.478 e. The topological polar surface area (TPSA) is 127 Å². The number of carbonyl (C=O) groups is 4. The number of aryl methyl sites for hydroxylation is 4. The minimum absolute atomic E-state index is 0.107. The Bertz CT molecular complexity index is 2420. The normalized spacial score (nSPS) is 23.1. The van der Waals surface area contributed by atoms with Gasteiger partial charge in [0.2, 0.25) is 0 Å². The van der Waals surface area contributed by atoms with Crippen LogP contribution in [-0.2, 0) is 9.47 Å². The lowest BCUT2D eigenvalue weighted by Gasteiger charge is -2.08. The molecule has 4 aromatic carbocycles. The SMILES string of the molecule is COC(=O)c1ccc([C@H]2C[C@@H]2C(F)(F)F)cc1C.COC(=O)c1ccc([C@H]2C[C@H]2C(F)(F)F)cc1C.Cc1cc([C@H]2C[C@@H]2C(F)(F)F)ccc1C(=O)O.Cc1cc([C@H]2C[C@H]2C(F)(F)F)ccc1C(=O)O. The van der Waals surface area contributed by atoms with Gasteiger partial charge in [0, 0.05) is 0 Å². The van der Waals surface area contributed by atoms with Crippen molar-refractivity contribution in [3.63, 3.8) is 0 Å². The molecule has 4 aliphatic rings. The van der Waals surface area contributed by atoms with Crippen molar-refractivity contribution < 1.29 is 91.5 Å². The standard InChI is InChI=1S/2C13H13F3O2.2C12H11F3O2/c2*1-7-5-8(3-4-9(7)12(17)18-2)10-6-11(10)13(14,15)16;2*1-6-4-7(2-3-8(6)11(16)17)9-5-10(9)12(13,14)15/h2*3-5,10-11H,6H2,1-2H3;2*2-4,9-10H,5H2,1H3,(H,16,17)/t10-,11+;10-,11-;9-,10+;9-,10-/m1111/s1. The van der Waals surface area contributed by atoms with Crippen molar-refractivity contribution in [1.29, 1.82) is 0 Å². The zero-order valence-electron chi connectivity index (χ0n) is 38.3. The molecule has 0 unspecified atom stereocenters. The first-order chi connectivity index (χ1) is 32.3. The van der Waals surface area contributed by atoms with Crippen LogP contribution in [0.3, 0.4) is 0 Å². The van der Waals surface area contributed by atoms with Crippen LogP contribution in [0, 0.1) is 51.4 Å². The smallest absolute Gasteiger partial charge is 0.392 e. The third-order valence-corrected chi connectivity index (χ3v) is 12.8. The van der Waals surface area contributed by atoms with E-state index in [4.69, 9.17) is 10.2 Å². The quantitative estimate of drug-likeness (QED) is 0.132. The molecule has 4 saturated carbocycles. The molecule has 4 aromatic rings. The number of rotatable bonds is 8. The third kappa shape index (κ3) is 13.6. The Morgan fingerprint density at radius 1 is 0.400 bits per heavy atom. The van der Waals surface area contributed by atoms with E-state index in [9.17, 15) is 71.9 Å². The molecule has 4 aliphatic carbocycles. The molecule has 0 heterocycles. The molecule has 0 bridgehead atoms. The van der Waals surface area contributed by atoms with Gasteiger partial charge in [0.25, 0.3) is 0 Å². The number of aromatic carboxylic acids is 2. The number of methoxy groups -OCH3 is 2. The summed E-state index contributed by atoms with van der Waals surface area (Å²) in [6.45, 7) is 6.58. The van der Waals surface area contributed by atoms with E-state index in [2.05, 4.69) is 9.47 Å². The number of carboxylic acid groups (broad SMARTS) is 2. The van der Waals surface area contributed by atoms with Gasteiger partial charge in [-0.05, 0) is 146 Å². The van der Waals surface area contributed by atoms with E-state index in [-0.39, 0.29) is 36.8 Å². The molecule has 0 amide bonds. The molecule has 0 aromatic heterocycles. The van der Waals surface area contributed by atoms with E-state index in [0.717, 1.165) is 0 Å². The molecule has 0 saturated heterocycles. The number of benzene rings is 4. The van der Waals surface area contributed by atoms with Gasteiger partial charge in [-0.2, -0.15) is 52.7 Å². The van der Waals surface area contributed by atoms with Crippen LogP contribution in [0.5, 0.6) is 0 Å². The van der Waals surface area contributed by atoms with Gasteiger partial charge in [-0.15, -0.1) is 0 Å². The number of carbonyl (C=O) groups excluding carboxylic acids is 2. The number of ether oxygens (including phenoxy) is 2. The summed E-state index contributed by atoms with van der Waals surface area (Å²) in [5, 5.41) is 17.6. The largest absolute Gasteiger partial charge is 0.478 e. The highest BCUT2D eigenvalue weighted by Gasteiger charge is 2.58. The summed E-state index contributed by atoms with van der Waals surface area (Å²) in [4.78, 5) is 44.2. The van der Waals surface area contributed by atoms with E-state index < -0.39 is 95.9 Å². The average molecular weight is 1000 g/mol. The maximum atomic E-state index is 12.5.